The van der Waals surface area contributed by atoms with Crippen LogP contribution >= 0.6 is 0 Å². The van der Waals surface area contributed by atoms with Gasteiger partial charge in [-0.2, -0.15) is 5.10 Å². The van der Waals surface area contributed by atoms with Crippen molar-refractivity contribution in [2.45, 2.75) is 47.1 Å². The predicted octanol–water partition coefficient (Wildman–Crippen LogP) is 1.95. The highest BCUT2D eigenvalue weighted by molar-refractivity contribution is 5.25. The van der Waals surface area contributed by atoms with E-state index in [1.807, 2.05) is 0 Å². The van der Waals surface area contributed by atoms with Crippen LogP contribution in [0.15, 0.2) is 0 Å². The first-order chi connectivity index (χ1) is 9.69. The van der Waals surface area contributed by atoms with E-state index < -0.39 is 0 Å². The van der Waals surface area contributed by atoms with E-state index in [9.17, 15) is 0 Å². The van der Waals surface area contributed by atoms with Gasteiger partial charge in [0.2, 0.25) is 0 Å². The van der Waals surface area contributed by atoms with Gasteiger partial charge in [0, 0.05) is 38.4 Å². The van der Waals surface area contributed by atoms with E-state index in [-0.39, 0.29) is 0 Å². The standard InChI is InChI=1S/C16H30N4/c1-5-15-14(4)20(17-16(15)6-2)13-12-19-10-8-18(7-3)9-11-19/h5-13H2,1-4H3. The number of hydrogen-bond donors (Lipinski definition) is 0. The van der Waals surface area contributed by atoms with Crippen LogP contribution in [0, 0.1) is 6.92 Å². The van der Waals surface area contributed by atoms with Crippen LogP contribution in [-0.4, -0.2) is 58.8 Å². The van der Waals surface area contributed by atoms with Gasteiger partial charge in [0.25, 0.3) is 0 Å². The molecule has 2 rings (SSSR count). The summed E-state index contributed by atoms with van der Waals surface area (Å²) >= 11 is 0. The molecule has 4 heteroatoms. The number of hydrogen-bond acceptors (Lipinski definition) is 3. The molecule has 1 aliphatic rings. The normalized spacial score (nSPS) is 17.8. The summed E-state index contributed by atoms with van der Waals surface area (Å²) in [6.45, 7) is 17.1. The second-order valence-corrected chi connectivity index (χ2v) is 5.72. The molecule has 1 aliphatic heterocycles. The first kappa shape index (κ1) is 15.5. The summed E-state index contributed by atoms with van der Waals surface area (Å²) in [6.07, 6.45) is 2.15. The van der Waals surface area contributed by atoms with Crippen molar-refractivity contribution < 1.29 is 0 Å². The molecule has 1 fully saturated rings. The summed E-state index contributed by atoms with van der Waals surface area (Å²) < 4.78 is 2.23. The van der Waals surface area contributed by atoms with Gasteiger partial charge < -0.3 is 4.90 Å². The lowest BCUT2D eigenvalue weighted by Crippen LogP contribution is -2.47. The Kier molecular flexibility index (Phi) is 5.61. The molecule has 0 spiro atoms. The number of aryl methyl sites for hydroxylation is 1. The molecule has 2 heterocycles. The molecule has 4 nitrogen and oxygen atoms in total. The van der Waals surface area contributed by atoms with Gasteiger partial charge in [-0.3, -0.25) is 9.58 Å². The van der Waals surface area contributed by atoms with Crippen LogP contribution in [-0.2, 0) is 19.4 Å². The Hall–Kier alpha value is -0.870. The monoisotopic (exact) mass is 278 g/mol. The van der Waals surface area contributed by atoms with E-state index in [4.69, 9.17) is 5.10 Å². The predicted molar refractivity (Wildman–Crippen MR) is 84.3 cm³/mol. The van der Waals surface area contributed by atoms with Gasteiger partial charge in [0.1, 0.15) is 0 Å². The van der Waals surface area contributed by atoms with Gasteiger partial charge in [-0.25, -0.2) is 0 Å². The van der Waals surface area contributed by atoms with Gasteiger partial charge in [0.15, 0.2) is 0 Å². The fourth-order valence-corrected chi connectivity index (χ4v) is 3.17. The van der Waals surface area contributed by atoms with Crippen LogP contribution in [0.4, 0.5) is 0 Å². The van der Waals surface area contributed by atoms with E-state index in [1.54, 1.807) is 0 Å². The lowest BCUT2D eigenvalue weighted by atomic mass is 10.1. The van der Waals surface area contributed by atoms with Crippen molar-refractivity contribution >= 4 is 0 Å². The minimum absolute atomic E-state index is 1.03. The van der Waals surface area contributed by atoms with Crippen molar-refractivity contribution in [2.24, 2.45) is 0 Å². The molecular formula is C16H30N4. The lowest BCUT2D eigenvalue weighted by Gasteiger charge is -2.33. The van der Waals surface area contributed by atoms with Crippen molar-refractivity contribution in [1.29, 1.82) is 0 Å². The molecule has 0 bridgehead atoms. The average molecular weight is 278 g/mol. The van der Waals surface area contributed by atoms with Gasteiger partial charge in [-0.15, -0.1) is 0 Å². The molecule has 0 aromatic carbocycles. The largest absolute Gasteiger partial charge is 0.301 e. The van der Waals surface area contributed by atoms with Gasteiger partial charge in [-0.05, 0) is 31.9 Å². The molecule has 1 saturated heterocycles. The number of rotatable bonds is 6. The fraction of sp³-hybridized carbons (Fsp3) is 0.812. The summed E-state index contributed by atoms with van der Waals surface area (Å²) in [6, 6.07) is 0. The zero-order valence-electron chi connectivity index (χ0n) is 13.7. The summed E-state index contributed by atoms with van der Waals surface area (Å²) in [5.41, 5.74) is 4.13. The number of aromatic nitrogens is 2. The zero-order valence-corrected chi connectivity index (χ0v) is 13.7. The molecule has 0 atom stereocenters. The highest BCUT2D eigenvalue weighted by Crippen LogP contribution is 2.15. The molecule has 1 aromatic heterocycles. The van der Waals surface area contributed by atoms with Crippen LogP contribution in [0.3, 0.4) is 0 Å². The third kappa shape index (κ3) is 3.41. The van der Waals surface area contributed by atoms with Gasteiger partial charge >= 0.3 is 0 Å². The minimum atomic E-state index is 1.03. The van der Waals surface area contributed by atoms with Crippen LogP contribution < -0.4 is 0 Å². The average Bonchev–Trinajstić information content (AvgIpc) is 2.81. The van der Waals surface area contributed by atoms with Crippen molar-refractivity contribution in [3.8, 4) is 0 Å². The van der Waals surface area contributed by atoms with E-state index in [0.29, 0.717) is 0 Å². The maximum atomic E-state index is 4.79. The Labute approximate surface area is 123 Å². The first-order valence-electron chi connectivity index (χ1n) is 8.19. The molecule has 0 amide bonds. The van der Waals surface area contributed by atoms with Crippen molar-refractivity contribution in [3.05, 3.63) is 17.0 Å². The molecule has 114 valence electrons. The number of nitrogens with zero attached hydrogens (tertiary/aromatic N) is 4. The van der Waals surface area contributed by atoms with Crippen molar-refractivity contribution in [2.75, 3.05) is 39.3 Å². The van der Waals surface area contributed by atoms with Crippen LogP contribution in [0.5, 0.6) is 0 Å². The Morgan fingerprint density at radius 1 is 0.900 bits per heavy atom. The molecule has 0 N–H and O–H groups in total. The molecule has 0 aliphatic carbocycles. The van der Waals surface area contributed by atoms with Gasteiger partial charge in [-0.1, -0.05) is 20.8 Å². The summed E-state index contributed by atoms with van der Waals surface area (Å²) in [5, 5.41) is 4.79. The second-order valence-electron chi connectivity index (χ2n) is 5.72. The molecule has 0 saturated carbocycles. The van der Waals surface area contributed by atoms with Crippen LogP contribution in [0.25, 0.3) is 0 Å². The lowest BCUT2D eigenvalue weighted by molar-refractivity contribution is 0.132. The van der Waals surface area contributed by atoms with Crippen LogP contribution in [0.1, 0.15) is 37.7 Å². The van der Waals surface area contributed by atoms with E-state index in [1.165, 1.54) is 49.7 Å². The van der Waals surface area contributed by atoms with E-state index in [0.717, 1.165) is 25.9 Å². The van der Waals surface area contributed by atoms with E-state index in [2.05, 4.69) is 42.2 Å². The Bertz CT molecular complexity index is 416. The van der Waals surface area contributed by atoms with Crippen molar-refractivity contribution in [1.82, 2.24) is 19.6 Å². The molecule has 20 heavy (non-hydrogen) atoms. The molecular weight excluding hydrogens is 248 g/mol. The third-order valence-electron chi connectivity index (χ3n) is 4.64. The maximum absolute atomic E-state index is 4.79. The second kappa shape index (κ2) is 7.23. The zero-order chi connectivity index (χ0) is 14.5. The highest BCUT2D eigenvalue weighted by Gasteiger charge is 2.16. The van der Waals surface area contributed by atoms with Crippen LogP contribution in [0.2, 0.25) is 0 Å². The summed E-state index contributed by atoms with van der Waals surface area (Å²) in [7, 11) is 0. The minimum Gasteiger partial charge on any atom is -0.301 e. The molecule has 1 aromatic rings. The highest BCUT2D eigenvalue weighted by atomic mass is 15.3. The number of piperazine rings is 1. The Morgan fingerprint density at radius 2 is 1.55 bits per heavy atom. The molecule has 0 unspecified atom stereocenters. The Morgan fingerprint density at radius 3 is 2.05 bits per heavy atom. The Balaban J connectivity index is 1.90. The van der Waals surface area contributed by atoms with Crippen molar-refractivity contribution in [3.63, 3.8) is 0 Å². The smallest absolute Gasteiger partial charge is 0.0656 e. The molecule has 0 radical (unpaired) electrons. The van der Waals surface area contributed by atoms with E-state index >= 15 is 0 Å². The summed E-state index contributed by atoms with van der Waals surface area (Å²) in [5.74, 6) is 0. The summed E-state index contributed by atoms with van der Waals surface area (Å²) in [4.78, 5) is 5.10. The fourth-order valence-electron chi connectivity index (χ4n) is 3.17. The van der Waals surface area contributed by atoms with Gasteiger partial charge in [0.05, 0.1) is 12.2 Å². The third-order valence-corrected chi connectivity index (χ3v) is 4.64. The maximum Gasteiger partial charge on any atom is 0.0656 e. The first-order valence-corrected chi connectivity index (χ1v) is 8.19. The number of likely N-dealkylation sites (N-methyl/N-ethyl adjacent to an activating group) is 1. The quantitative estimate of drug-likeness (QED) is 0.795. The SMILES string of the molecule is CCc1nn(CCN2CCN(CC)CC2)c(C)c1CC. The topological polar surface area (TPSA) is 24.3 Å².